The van der Waals surface area contributed by atoms with Gasteiger partial charge in [-0.15, -0.1) is 0 Å². The van der Waals surface area contributed by atoms with E-state index in [0.29, 0.717) is 65.9 Å². The Bertz CT molecular complexity index is 218. The molecule has 0 aromatic heterocycles. The molecule has 120 valence electrons. The smallest absolute Gasteiger partial charge is 0.222 e. The standard InChI is InChI=1S/C12H26N2O6/c1-14-12(15)2-3-16-4-5-17-6-7-18-8-9-19-10-11-20-13/h2-11,13H2,1H3,(H,14,15). The molecule has 0 spiro atoms. The van der Waals surface area contributed by atoms with Crippen molar-refractivity contribution >= 4 is 5.91 Å². The molecule has 0 aliphatic rings. The van der Waals surface area contributed by atoms with E-state index in [0.717, 1.165) is 0 Å². The van der Waals surface area contributed by atoms with E-state index in [1.807, 2.05) is 0 Å². The second-order valence-corrected chi connectivity index (χ2v) is 3.74. The van der Waals surface area contributed by atoms with Gasteiger partial charge in [-0.2, -0.15) is 0 Å². The molecule has 0 heterocycles. The third-order valence-corrected chi connectivity index (χ3v) is 2.21. The fourth-order valence-electron chi connectivity index (χ4n) is 1.16. The first-order valence-electron chi connectivity index (χ1n) is 6.64. The molecule has 0 aromatic rings. The van der Waals surface area contributed by atoms with Gasteiger partial charge < -0.3 is 29.1 Å². The number of nitrogens with one attached hydrogen (secondary N) is 1. The van der Waals surface area contributed by atoms with E-state index in [9.17, 15) is 4.79 Å². The van der Waals surface area contributed by atoms with Gasteiger partial charge in [-0.1, -0.05) is 0 Å². The quantitative estimate of drug-likeness (QED) is 0.297. The van der Waals surface area contributed by atoms with E-state index in [1.165, 1.54) is 0 Å². The fourth-order valence-corrected chi connectivity index (χ4v) is 1.16. The Morgan fingerprint density at radius 3 is 1.60 bits per heavy atom. The van der Waals surface area contributed by atoms with Gasteiger partial charge in [0, 0.05) is 13.5 Å². The molecule has 8 nitrogen and oxygen atoms in total. The number of amides is 1. The van der Waals surface area contributed by atoms with Gasteiger partial charge in [0.05, 0.1) is 59.5 Å². The summed E-state index contributed by atoms with van der Waals surface area (Å²) in [6.07, 6.45) is 0.370. The van der Waals surface area contributed by atoms with Crippen LogP contribution in [-0.4, -0.2) is 72.4 Å². The number of ether oxygens (including phenoxy) is 4. The van der Waals surface area contributed by atoms with E-state index in [-0.39, 0.29) is 5.91 Å². The van der Waals surface area contributed by atoms with Gasteiger partial charge in [0.2, 0.25) is 5.91 Å². The first-order valence-corrected chi connectivity index (χ1v) is 6.64. The highest BCUT2D eigenvalue weighted by Gasteiger charge is 1.97. The summed E-state index contributed by atoms with van der Waals surface area (Å²) in [5.41, 5.74) is 0. The molecule has 0 atom stereocenters. The van der Waals surface area contributed by atoms with Crippen LogP contribution >= 0.6 is 0 Å². The number of carbonyl (C=O) groups excluding carboxylic acids is 1. The molecule has 1 amide bonds. The van der Waals surface area contributed by atoms with Crippen molar-refractivity contribution in [2.24, 2.45) is 5.90 Å². The summed E-state index contributed by atoms with van der Waals surface area (Å²) in [5, 5.41) is 2.52. The minimum absolute atomic E-state index is 0.0282. The summed E-state index contributed by atoms with van der Waals surface area (Å²) in [6.45, 7) is 4.24. The zero-order chi connectivity index (χ0) is 14.9. The summed E-state index contributed by atoms with van der Waals surface area (Å²) in [6, 6.07) is 0. The molecule has 0 saturated carbocycles. The molecule has 0 radical (unpaired) electrons. The zero-order valence-electron chi connectivity index (χ0n) is 12.1. The molecule has 0 aliphatic carbocycles. The van der Waals surface area contributed by atoms with E-state index >= 15 is 0 Å². The average Bonchev–Trinajstić information content (AvgIpc) is 2.47. The van der Waals surface area contributed by atoms with Crippen LogP contribution in [0.15, 0.2) is 0 Å². The highest BCUT2D eigenvalue weighted by molar-refractivity contribution is 5.75. The van der Waals surface area contributed by atoms with E-state index < -0.39 is 0 Å². The third kappa shape index (κ3) is 15.3. The molecule has 0 aliphatic heterocycles. The molecule has 0 saturated heterocycles. The summed E-state index contributed by atoms with van der Waals surface area (Å²) in [7, 11) is 1.60. The lowest BCUT2D eigenvalue weighted by Gasteiger charge is -2.07. The zero-order valence-corrected chi connectivity index (χ0v) is 12.1. The van der Waals surface area contributed by atoms with E-state index in [4.69, 9.17) is 24.8 Å². The average molecular weight is 294 g/mol. The molecule has 20 heavy (non-hydrogen) atoms. The van der Waals surface area contributed by atoms with Crippen LogP contribution in [0, 0.1) is 0 Å². The van der Waals surface area contributed by atoms with Crippen LogP contribution in [0.3, 0.4) is 0 Å². The minimum Gasteiger partial charge on any atom is -0.379 e. The topological polar surface area (TPSA) is 101 Å². The van der Waals surface area contributed by atoms with E-state index in [2.05, 4.69) is 10.2 Å². The third-order valence-electron chi connectivity index (χ3n) is 2.21. The van der Waals surface area contributed by atoms with Crippen LogP contribution < -0.4 is 11.2 Å². The maximum Gasteiger partial charge on any atom is 0.222 e. The fraction of sp³-hybridized carbons (Fsp3) is 0.917. The summed E-state index contributed by atoms with van der Waals surface area (Å²) in [5.74, 6) is 4.80. The lowest BCUT2D eigenvalue weighted by molar-refractivity contribution is -0.121. The van der Waals surface area contributed by atoms with Crippen LogP contribution in [0.4, 0.5) is 0 Å². The van der Waals surface area contributed by atoms with Crippen LogP contribution in [0.2, 0.25) is 0 Å². The van der Waals surface area contributed by atoms with Crippen LogP contribution in [0.25, 0.3) is 0 Å². The summed E-state index contributed by atoms with van der Waals surface area (Å²) < 4.78 is 20.9. The van der Waals surface area contributed by atoms with Crippen LogP contribution in [0.5, 0.6) is 0 Å². The molecule has 0 bridgehead atoms. The van der Waals surface area contributed by atoms with Crippen molar-refractivity contribution in [1.29, 1.82) is 0 Å². The van der Waals surface area contributed by atoms with Gasteiger partial charge in [0.15, 0.2) is 0 Å². The second kappa shape index (κ2) is 16.3. The molecule has 8 heteroatoms. The number of nitrogens with two attached hydrogens (primary N) is 1. The van der Waals surface area contributed by atoms with Crippen molar-refractivity contribution in [2.45, 2.75) is 6.42 Å². The maximum absolute atomic E-state index is 10.9. The van der Waals surface area contributed by atoms with Crippen molar-refractivity contribution in [3.05, 3.63) is 0 Å². The van der Waals surface area contributed by atoms with E-state index in [1.54, 1.807) is 7.05 Å². The number of hydrogen-bond donors (Lipinski definition) is 2. The van der Waals surface area contributed by atoms with Gasteiger partial charge in [-0.05, 0) is 0 Å². The molecule has 0 rings (SSSR count). The number of rotatable bonds is 15. The molecule has 0 fully saturated rings. The Hall–Kier alpha value is -0.770. The monoisotopic (exact) mass is 294 g/mol. The summed E-state index contributed by atoms with van der Waals surface area (Å²) >= 11 is 0. The molecular formula is C12H26N2O6. The maximum atomic E-state index is 10.9. The second-order valence-electron chi connectivity index (χ2n) is 3.74. The van der Waals surface area contributed by atoms with Crippen molar-refractivity contribution in [1.82, 2.24) is 5.32 Å². The Kier molecular flexibility index (Phi) is 15.7. The van der Waals surface area contributed by atoms with Crippen LogP contribution in [0.1, 0.15) is 6.42 Å². The summed E-state index contributed by atoms with van der Waals surface area (Å²) in [4.78, 5) is 15.2. The van der Waals surface area contributed by atoms with Gasteiger partial charge in [-0.25, -0.2) is 5.90 Å². The lowest BCUT2D eigenvalue weighted by atomic mass is 10.4. The first kappa shape index (κ1) is 19.2. The lowest BCUT2D eigenvalue weighted by Crippen LogP contribution is -2.20. The van der Waals surface area contributed by atoms with Crippen molar-refractivity contribution < 1.29 is 28.6 Å². The van der Waals surface area contributed by atoms with Gasteiger partial charge in [0.25, 0.3) is 0 Å². The molecule has 0 aromatic carbocycles. The highest BCUT2D eigenvalue weighted by Crippen LogP contribution is 1.85. The Labute approximate surface area is 119 Å². The van der Waals surface area contributed by atoms with Crippen molar-refractivity contribution in [3.63, 3.8) is 0 Å². The normalized spacial score (nSPS) is 10.7. The van der Waals surface area contributed by atoms with Crippen molar-refractivity contribution in [2.75, 3.05) is 66.5 Å². The van der Waals surface area contributed by atoms with Crippen molar-refractivity contribution in [3.8, 4) is 0 Å². The SMILES string of the molecule is CNC(=O)CCOCCOCCOCCOCCON. The first-order chi connectivity index (χ1) is 9.81. The largest absolute Gasteiger partial charge is 0.379 e. The number of carbonyl (C=O) groups is 1. The predicted octanol–water partition coefficient (Wildman–Crippen LogP) is -0.921. The van der Waals surface area contributed by atoms with Crippen LogP contribution in [-0.2, 0) is 28.6 Å². The Balaban J connectivity index is 2.97. The van der Waals surface area contributed by atoms with Gasteiger partial charge in [-0.3, -0.25) is 4.79 Å². The predicted molar refractivity (Wildman–Crippen MR) is 72.1 cm³/mol. The minimum atomic E-state index is -0.0282. The van der Waals surface area contributed by atoms with Gasteiger partial charge >= 0.3 is 0 Å². The van der Waals surface area contributed by atoms with Gasteiger partial charge in [0.1, 0.15) is 0 Å². The molecule has 3 N–H and O–H groups in total. The highest BCUT2D eigenvalue weighted by atomic mass is 16.6. The Morgan fingerprint density at radius 2 is 1.20 bits per heavy atom. The number of hydrogen-bond acceptors (Lipinski definition) is 7. The molecule has 0 unspecified atom stereocenters. The molecular weight excluding hydrogens is 268 g/mol. The Morgan fingerprint density at radius 1 is 0.800 bits per heavy atom.